The lowest BCUT2D eigenvalue weighted by molar-refractivity contribution is 0.111. The van der Waals surface area contributed by atoms with Gasteiger partial charge in [-0.05, 0) is 0 Å². The van der Waals surface area contributed by atoms with Crippen molar-refractivity contribution < 1.29 is 9.18 Å². The number of aryl methyl sites for hydroxylation is 1. The minimum absolute atomic E-state index is 0.0716. The van der Waals surface area contributed by atoms with E-state index >= 15 is 0 Å². The van der Waals surface area contributed by atoms with Crippen LogP contribution in [0.15, 0.2) is 0 Å². The third-order valence-electron chi connectivity index (χ3n) is 1.70. The molecule has 1 aliphatic heterocycles. The normalized spacial score (nSPS) is 21.7. The van der Waals surface area contributed by atoms with E-state index in [4.69, 9.17) is 0 Å². The van der Waals surface area contributed by atoms with Crippen LogP contribution >= 0.6 is 0 Å². The summed E-state index contributed by atoms with van der Waals surface area (Å²) in [6.07, 6.45) is -0.0943. The number of alkyl halides is 1. The zero-order valence-corrected chi connectivity index (χ0v) is 5.70. The number of rotatable bonds is 1. The van der Waals surface area contributed by atoms with Crippen molar-refractivity contribution in [1.29, 1.82) is 0 Å². The van der Waals surface area contributed by atoms with Gasteiger partial charge in [0.1, 0.15) is 0 Å². The first-order valence-corrected chi connectivity index (χ1v) is 3.35. The van der Waals surface area contributed by atoms with Crippen LogP contribution < -0.4 is 0 Å². The van der Waals surface area contributed by atoms with Gasteiger partial charge in [-0.2, -0.15) is 0 Å². The van der Waals surface area contributed by atoms with Crippen LogP contribution in [0.1, 0.15) is 29.0 Å². The fourth-order valence-electron chi connectivity index (χ4n) is 1.18. The van der Waals surface area contributed by atoms with Gasteiger partial charge in [0.2, 0.25) is 5.82 Å². The Bertz CT molecular complexity index is 296. The molecule has 1 atom stereocenters. The summed E-state index contributed by atoms with van der Waals surface area (Å²) in [6, 6.07) is 0. The maximum Gasteiger partial charge on any atom is 0.214 e. The largest absolute Gasteiger partial charge is 0.294 e. The number of hydrogen-bond acceptors (Lipinski definition) is 3. The van der Waals surface area contributed by atoms with Crippen LogP contribution in [-0.2, 0) is 6.54 Å². The fraction of sp³-hybridized carbons (Fsp3) is 0.500. The van der Waals surface area contributed by atoms with Crippen molar-refractivity contribution in [3.63, 3.8) is 0 Å². The van der Waals surface area contributed by atoms with Crippen molar-refractivity contribution >= 4 is 6.29 Å². The Morgan fingerprint density at radius 2 is 2.55 bits per heavy atom. The van der Waals surface area contributed by atoms with E-state index in [0.29, 0.717) is 19.3 Å². The molecule has 0 spiro atoms. The summed E-state index contributed by atoms with van der Waals surface area (Å²) in [5.74, 6) is 0.356. The molecule has 0 saturated heterocycles. The Labute approximate surface area is 62.0 Å². The highest BCUT2D eigenvalue weighted by Gasteiger charge is 2.25. The van der Waals surface area contributed by atoms with E-state index in [2.05, 4.69) is 10.1 Å². The molecule has 0 fully saturated rings. The molecule has 0 unspecified atom stereocenters. The first kappa shape index (κ1) is 6.45. The van der Waals surface area contributed by atoms with Crippen LogP contribution in [0.3, 0.4) is 0 Å². The molecule has 0 saturated carbocycles. The Hall–Kier alpha value is -1.26. The van der Waals surface area contributed by atoms with Gasteiger partial charge in [0, 0.05) is 13.0 Å². The molecule has 1 aromatic heterocycles. The zero-order chi connectivity index (χ0) is 7.84. The first-order valence-electron chi connectivity index (χ1n) is 3.35. The van der Waals surface area contributed by atoms with Crippen molar-refractivity contribution in [2.45, 2.75) is 19.1 Å². The summed E-state index contributed by atoms with van der Waals surface area (Å²) in [5.41, 5.74) is 0. The molecule has 0 amide bonds. The number of carbonyl (C=O) groups is 1. The van der Waals surface area contributed by atoms with E-state index in [1.807, 2.05) is 0 Å². The summed E-state index contributed by atoms with van der Waals surface area (Å²) in [5, 5.41) is 3.76. The molecule has 1 aliphatic rings. The second-order valence-electron chi connectivity index (χ2n) is 2.43. The fourth-order valence-corrected chi connectivity index (χ4v) is 1.18. The number of hydrogen-bond donors (Lipinski definition) is 0. The summed E-state index contributed by atoms with van der Waals surface area (Å²) in [4.78, 5) is 13.9. The average Bonchev–Trinajstić information content (AvgIpc) is 2.53. The quantitative estimate of drug-likeness (QED) is 0.555. The monoisotopic (exact) mass is 155 g/mol. The number of fused-ring (bicyclic) bond motifs is 1. The molecule has 0 aromatic carbocycles. The van der Waals surface area contributed by atoms with E-state index in [-0.39, 0.29) is 11.6 Å². The van der Waals surface area contributed by atoms with Crippen LogP contribution in [-0.4, -0.2) is 21.1 Å². The average molecular weight is 155 g/mol. The van der Waals surface area contributed by atoms with Gasteiger partial charge in [0.05, 0.1) is 0 Å². The Morgan fingerprint density at radius 3 is 3.18 bits per heavy atom. The maximum atomic E-state index is 12.8. The zero-order valence-electron chi connectivity index (χ0n) is 5.70. The van der Waals surface area contributed by atoms with Gasteiger partial charge in [0.15, 0.2) is 18.3 Å². The lowest BCUT2D eigenvalue weighted by atomic mass is 10.3. The molecule has 2 rings (SSSR count). The molecular formula is C6H6FN3O. The minimum Gasteiger partial charge on any atom is -0.294 e. The molecule has 2 heterocycles. The third kappa shape index (κ3) is 0.840. The van der Waals surface area contributed by atoms with Gasteiger partial charge >= 0.3 is 0 Å². The van der Waals surface area contributed by atoms with Crippen LogP contribution in [0.25, 0.3) is 0 Å². The number of carbonyl (C=O) groups excluding carboxylic acids is 1. The molecule has 58 valence electrons. The van der Waals surface area contributed by atoms with Gasteiger partial charge in [-0.1, -0.05) is 0 Å². The SMILES string of the molecule is O=Cc1nc2n(n1)CC[C@H]2F. The first-order chi connectivity index (χ1) is 5.31. The molecule has 0 bridgehead atoms. The highest BCUT2D eigenvalue weighted by atomic mass is 19.1. The maximum absolute atomic E-state index is 12.8. The predicted octanol–water partition coefficient (Wildman–Crippen LogP) is 0.505. The molecule has 1 aromatic rings. The Balaban J connectivity index is 2.45. The number of aldehydes is 1. The van der Waals surface area contributed by atoms with Crippen LogP contribution in [0.5, 0.6) is 0 Å². The standard InChI is InChI=1S/C6H6FN3O/c7-4-1-2-10-6(4)8-5(3-11)9-10/h3-4H,1-2H2/t4-/m1/s1. The molecule has 0 aliphatic carbocycles. The van der Waals surface area contributed by atoms with E-state index in [1.165, 1.54) is 4.68 Å². The highest BCUT2D eigenvalue weighted by Crippen LogP contribution is 2.26. The van der Waals surface area contributed by atoms with Crippen LogP contribution in [0, 0.1) is 0 Å². The van der Waals surface area contributed by atoms with Crippen molar-refractivity contribution in [2.75, 3.05) is 0 Å². The third-order valence-corrected chi connectivity index (χ3v) is 1.70. The molecule has 0 radical (unpaired) electrons. The van der Waals surface area contributed by atoms with Crippen LogP contribution in [0.2, 0.25) is 0 Å². The number of halogens is 1. The molecule has 4 nitrogen and oxygen atoms in total. The topological polar surface area (TPSA) is 47.8 Å². The van der Waals surface area contributed by atoms with Crippen molar-refractivity contribution in [3.8, 4) is 0 Å². The highest BCUT2D eigenvalue weighted by molar-refractivity contribution is 5.68. The van der Waals surface area contributed by atoms with Crippen molar-refractivity contribution in [1.82, 2.24) is 14.8 Å². The van der Waals surface area contributed by atoms with Gasteiger partial charge in [-0.15, -0.1) is 5.10 Å². The van der Waals surface area contributed by atoms with Gasteiger partial charge in [-0.25, -0.2) is 14.1 Å². The summed E-state index contributed by atoms with van der Waals surface area (Å²) < 4.78 is 14.3. The number of aromatic nitrogens is 3. The van der Waals surface area contributed by atoms with Crippen molar-refractivity contribution in [3.05, 3.63) is 11.6 Å². The second-order valence-corrected chi connectivity index (χ2v) is 2.43. The lowest BCUT2D eigenvalue weighted by Crippen LogP contribution is -1.94. The second kappa shape index (κ2) is 2.11. The predicted molar refractivity (Wildman–Crippen MR) is 33.9 cm³/mol. The molecule has 11 heavy (non-hydrogen) atoms. The van der Waals surface area contributed by atoms with E-state index in [0.717, 1.165) is 0 Å². The smallest absolute Gasteiger partial charge is 0.214 e. The van der Waals surface area contributed by atoms with Gasteiger partial charge in [0.25, 0.3) is 0 Å². The van der Waals surface area contributed by atoms with Gasteiger partial charge in [-0.3, -0.25) is 4.79 Å². The van der Waals surface area contributed by atoms with Crippen LogP contribution in [0.4, 0.5) is 4.39 Å². The Morgan fingerprint density at radius 1 is 1.73 bits per heavy atom. The molecule has 5 heteroatoms. The minimum atomic E-state index is -1.05. The lowest BCUT2D eigenvalue weighted by Gasteiger charge is -1.89. The van der Waals surface area contributed by atoms with E-state index < -0.39 is 6.17 Å². The Kier molecular flexibility index (Phi) is 1.24. The molecular weight excluding hydrogens is 149 g/mol. The summed E-state index contributed by atoms with van der Waals surface area (Å²) in [7, 11) is 0. The van der Waals surface area contributed by atoms with E-state index in [9.17, 15) is 9.18 Å². The molecule has 0 N–H and O–H groups in total. The van der Waals surface area contributed by atoms with E-state index in [1.54, 1.807) is 0 Å². The summed E-state index contributed by atoms with van der Waals surface area (Å²) >= 11 is 0. The van der Waals surface area contributed by atoms with Gasteiger partial charge < -0.3 is 0 Å². The summed E-state index contributed by atoms with van der Waals surface area (Å²) in [6.45, 7) is 0.525. The van der Waals surface area contributed by atoms with Crippen molar-refractivity contribution in [2.24, 2.45) is 0 Å². The number of nitrogens with zero attached hydrogens (tertiary/aromatic N) is 3.